The van der Waals surface area contributed by atoms with Crippen molar-refractivity contribution >= 4 is 5.71 Å². The van der Waals surface area contributed by atoms with Gasteiger partial charge in [-0.25, -0.2) is 0 Å². The van der Waals surface area contributed by atoms with Crippen LogP contribution >= 0.6 is 0 Å². The van der Waals surface area contributed by atoms with Gasteiger partial charge in [0.1, 0.15) is 0 Å². The maximum absolute atomic E-state index is 9.78. The van der Waals surface area contributed by atoms with Crippen molar-refractivity contribution in [1.29, 1.82) is 0 Å². The Hall–Kier alpha value is -0.570. The third-order valence-corrected chi connectivity index (χ3v) is 2.56. The van der Waals surface area contributed by atoms with Crippen LogP contribution in [-0.4, -0.2) is 16.5 Å². The van der Waals surface area contributed by atoms with Crippen LogP contribution in [0.25, 0.3) is 0 Å². The molecule has 0 radical (unpaired) electrons. The van der Waals surface area contributed by atoms with E-state index < -0.39 is 5.72 Å². The van der Waals surface area contributed by atoms with Crippen LogP contribution in [0.5, 0.6) is 0 Å². The fourth-order valence-electron chi connectivity index (χ4n) is 1.94. The molecular weight excluding hydrogens is 128 g/mol. The number of hydrogen-bond acceptors (Lipinski definition) is 3. The number of aliphatic hydroxyl groups is 1. The molecule has 0 aromatic heterocycles. The van der Waals surface area contributed by atoms with Crippen LogP contribution < -0.4 is 5.43 Å². The predicted octanol–water partition coefficient (Wildman–Crippen LogP) is 0.454. The first-order valence-corrected chi connectivity index (χ1v) is 3.76. The fourth-order valence-corrected chi connectivity index (χ4v) is 1.94. The van der Waals surface area contributed by atoms with Crippen molar-refractivity contribution in [3.63, 3.8) is 0 Å². The number of nitrogens with one attached hydrogen (secondary N) is 1. The molecule has 0 spiro atoms. The van der Waals surface area contributed by atoms with Crippen molar-refractivity contribution in [2.45, 2.75) is 31.9 Å². The monoisotopic (exact) mass is 140 g/mol. The number of hydrogen-bond donors (Lipinski definition) is 2. The average molecular weight is 140 g/mol. The van der Waals surface area contributed by atoms with Crippen LogP contribution in [0.4, 0.5) is 0 Å². The standard InChI is InChI=1S/C7H12N2O/c1-5-6-3-2-4-7(6,10)9-8-5/h6,9-10H,2-4H2,1H3. The zero-order valence-corrected chi connectivity index (χ0v) is 6.09. The van der Waals surface area contributed by atoms with E-state index in [4.69, 9.17) is 0 Å². The second kappa shape index (κ2) is 1.72. The van der Waals surface area contributed by atoms with Gasteiger partial charge in [-0.3, -0.25) is 5.43 Å². The van der Waals surface area contributed by atoms with Crippen LogP contribution in [0.2, 0.25) is 0 Å². The minimum atomic E-state index is -0.677. The van der Waals surface area contributed by atoms with Crippen molar-refractivity contribution in [1.82, 2.24) is 5.43 Å². The lowest BCUT2D eigenvalue weighted by Crippen LogP contribution is -2.41. The van der Waals surface area contributed by atoms with Crippen molar-refractivity contribution in [2.75, 3.05) is 0 Å². The van der Waals surface area contributed by atoms with Gasteiger partial charge in [0.15, 0.2) is 5.72 Å². The lowest BCUT2D eigenvalue weighted by molar-refractivity contribution is 0.00389. The highest BCUT2D eigenvalue weighted by atomic mass is 16.3. The highest BCUT2D eigenvalue weighted by molar-refractivity contribution is 5.87. The molecule has 2 unspecified atom stereocenters. The molecule has 56 valence electrons. The van der Waals surface area contributed by atoms with Gasteiger partial charge in [0.25, 0.3) is 0 Å². The third-order valence-electron chi connectivity index (χ3n) is 2.56. The van der Waals surface area contributed by atoms with Crippen LogP contribution in [0.15, 0.2) is 5.10 Å². The molecule has 0 saturated heterocycles. The molecule has 1 heterocycles. The zero-order valence-electron chi connectivity index (χ0n) is 6.09. The van der Waals surface area contributed by atoms with Gasteiger partial charge in [0, 0.05) is 11.6 Å². The minimum absolute atomic E-state index is 0.285. The van der Waals surface area contributed by atoms with E-state index in [1.165, 1.54) is 0 Å². The van der Waals surface area contributed by atoms with Crippen molar-refractivity contribution in [3.8, 4) is 0 Å². The first-order valence-electron chi connectivity index (χ1n) is 3.76. The molecule has 2 rings (SSSR count). The molecule has 0 amide bonds. The van der Waals surface area contributed by atoms with Crippen LogP contribution in [0.3, 0.4) is 0 Å². The van der Waals surface area contributed by atoms with E-state index in [2.05, 4.69) is 10.5 Å². The maximum Gasteiger partial charge on any atom is 0.158 e. The van der Waals surface area contributed by atoms with E-state index in [1.54, 1.807) is 0 Å². The van der Waals surface area contributed by atoms with E-state index in [1.807, 2.05) is 6.92 Å². The van der Waals surface area contributed by atoms with E-state index in [0.717, 1.165) is 25.0 Å². The minimum Gasteiger partial charge on any atom is -0.369 e. The fraction of sp³-hybridized carbons (Fsp3) is 0.857. The van der Waals surface area contributed by atoms with Gasteiger partial charge in [0.2, 0.25) is 0 Å². The molecule has 2 atom stereocenters. The maximum atomic E-state index is 9.78. The Morgan fingerprint density at radius 2 is 2.60 bits per heavy atom. The van der Waals surface area contributed by atoms with Crippen molar-refractivity contribution in [3.05, 3.63) is 0 Å². The topological polar surface area (TPSA) is 44.6 Å². The van der Waals surface area contributed by atoms with Crippen molar-refractivity contribution in [2.24, 2.45) is 11.0 Å². The molecular formula is C7H12N2O. The molecule has 0 aromatic rings. The van der Waals surface area contributed by atoms with Gasteiger partial charge < -0.3 is 5.11 Å². The van der Waals surface area contributed by atoms with Gasteiger partial charge in [-0.15, -0.1) is 0 Å². The molecule has 1 fully saturated rings. The van der Waals surface area contributed by atoms with Crippen LogP contribution in [-0.2, 0) is 0 Å². The first kappa shape index (κ1) is 6.16. The number of fused-ring (bicyclic) bond motifs is 1. The molecule has 0 aromatic carbocycles. The van der Waals surface area contributed by atoms with E-state index >= 15 is 0 Å². The van der Waals surface area contributed by atoms with Gasteiger partial charge in [-0.1, -0.05) is 0 Å². The van der Waals surface area contributed by atoms with E-state index in [9.17, 15) is 5.11 Å². The predicted molar refractivity (Wildman–Crippen MR) is 38.5 cm³/mol. The van der Waals surface area contributed by atoms with Crippen molar-refractivity contribution < 1.29 is 5.11 Å². The zero-order chi connectivity index (χ0) is 7.19. The lowest BCUT2D eigenvalue weighted by Gasteiger charge is -2.21. The molecule has 3 nitrogen and oxygen atoms in total. The SMILES string of the molecule is CC1=NNC2(O)CCCC12. The summed E-state index contributed by atoms with van der Waals surface area (Å²) in [6, 6.07) is 0. The summed E-state index contributed by atoms with van der Waals surface area (Å²) in [5, 5.41) is 13.8. The second-order valence-electron chi connectivity index (χ2n) is 3.23. The molecule has 1 saturated carbocycles. The smallest absolute Gasteiger partial charge is 0.158 e. The normalized spacial score (nSPS) is 44.6. The lowest BCUT2D eigenvalue weighted by atomic mass is 9.97. The molecule has 1 aliphatic heterocycles. The first-order chi connectivity index (χ1) is 4.72. The Kier molecular flexibility index (Phi) is 1.06. The largest absolute Gasteiger partial charge is 0.369 e. The summed E-state index contributed by atoms with van der Waals surface area (Å²) >= 11 is 0. The van der Waals surface area contributed by atoms with Gasteiger partial charge in [-0.05, 0) is 26.2 Å². The Bertz CT molecular complexity index is 190. The molecule has 2 N–H and O–H groups in total. The summed E-state index contributed by atoms with van der Waals surface area (Å²) in [7, 11) is 0. The number of nitrogens with zero attached hydrogens (tertiary/aromatic N) is 1. The highest BCUT2D eigenvalue weighted by Gasteiger charge is 2.46. The molecule has 10 heavy (non-hydrogen) atoms. The Balaban J connectivity index is 2.27. The molecule has 3 heteroatoms. The van der Waals surface area contributed by atoms with E-state index in [0.29, 0.717) is 0 Å². The van der Waals surface area contributed by atoms with Crippen LogP contribution in [0.1, 0.15) is 26.2 Å². The Morgan fingerprint density at radius 1 is 1.80 bits per heavy atom. The number of hydrazone groups is 1. The second-order valence-corrected chi connectivity index (χ2v) is 3.23. The molecule has 2 aliphatic rings. The average Bonchev–Trinajstić information content (AvgIpc) is 2.35. The summed E-state index contributed by atoms with van der Waals surface area (Å²) in [6.07, 6.45) is 3.04. The molecule has 0 bridgehead atoms. The van der Waals surface area contributed by atoms with Gasteiger partial charge in [-0.2, -0.15) is 5.10 Å². The summed E-state index contributed by atoms with van der Waals surface area (Å²) in [4.78, 5) is 0. The third kappa shape index (κ3) is 0.611. The van der Waals surface area contributed by atoms with Gasteiger partial charge in [0.05, 0.1) is 0 Å². The molecule has 1 aliphatic carbocycles. The number of rotatable bonds is 0. The summed E-state index contributed by atoms with van der Waals surface area (Å²) in [5.41, 5.74) is 3.17. The summed E-state index contributed by atoms with van der Waals surface area (Å²) < 4.78 is 0. The van der Waals surface area contributed by atoms with E-state index in [-0.39, 0.29) is 5.92 Å². The Morgan fingerprint density at radius 3 is 3.30 bits per heavy atom. The van der Waals surface area contributed by atoms with Crippen LogP contribution in [0, 0.1) is 5.92 Å². The quantitative estimate of drug-likeness (QED) is 0.513. The summed E-state index contributed by atoms with van der Waals surface area (Å²) in [6.45, 7) is 1.97. The van der Waals surface area contributed by atoms with Gasteiger partial charge >= 0.3 is 0 Å². The highest BCUT2D eigenvalue weighted by Crippen LogP contribution is 2.37. The summed E-state index contributed by atoms with van der Waals surface area (Å²) in [5.74, 6) is 0.285. The Labute approximate surface area is 60.1 Å².